The summed E-state index contributed by atoms with van der Waals surface area (Å²) in [6.45, 7) is 6.07. The first-order chi connectivity index (χ1) is 15.4. The Hall–Kier alpha value is -4.00. The normalized spacial score (nSPS) is 12.5. The summed E-state index contributed by atoms with van der Waals surface area (Å²) in [5.41, 5.74) is 4.72. The molecule has 0 aliphatic heterocycles. The zero-order valence-corrected chi connectivity index (χ0v) is 18.1. The van der Waals surface area contributed by atoms with Gasteiger partial charge in [-0.2, -0.15) is 0 Å². The molecule has 0 unspecified atom stereocenters. The number of oxazole rings is 1. The van der Waals surface area contributed by atoms with Crippen molar-refractivity contribution in [1.82, 2.24) is 4.98 Å². The van der Waals surface area contributed by atoms with Gasteiger partial charge in [0.05, 0.1) is 10.6 Å². The monoisotopic (exact) mass is 429 g/mol. The molecule has 3 aromatic carbocycles. The van der Waals surface area contributed by atoms with E-state index in [-0.39, 0.29) is 11.3 Å². The number of aliphatic imine (C=N–C) groups is 1. The van der Waals surface area contributed by atoms with Gasteiger partial charge in [0, 0.05) is 23.4 Å². The molecule has 0 fully saturated rings. The Morgan fingerprint density at radius 1 is 1.22 bits per heavy atom. The molecule has 7 nitrogen and oxygen atoms in total. The fourth-order valence-corrected chi connectivity index (χ4v) is 3.50. The van der Waals surface area contributed by atoms with E-state index in [1.807, 2.05) is 24.3 Å². The van der Waals surface area contributed by atoms with Gasteiger partial charge in [-0.1, -0.05) is 26.0 Å². The van der Waals surface area contributed by atoms with E-state index in [4.69, 9.17) is 4.42 Å². The summed E-state index contributed by atoms with van der Waals surface area (Å²) in [4.78, 5) is 19.6. The topological polar surface area (TPSA) is 102 Å². The van der Waals surface area contributed by atoms with Gasteiger partial charge in [0.1, 0.15) is 5.52 Å². The lowest BCUT2D eigenvalue weighted by atomic mass is 9.98. The van der Waals surface area contributed by atoms with Crippen molar-refractivity contribution in [3.05, 3.63) is 81.4 Å². The first-order valence-electron chi connectivity index (χ1n) is 10.4. The molecule has 162 valence electrons. The second-order valence-corrected chi connectivity index (χ2v) is 7.84. The number of phenols is 1. The number of aryl methyl sites for hydroxylation is 1. The number of hydrogen-bond acceptors (Lipinski definition) is 6. The molecule has 0 bridgehead atoms. The molecule has 1 aromatic heterocycles. The van der Waals surface area contributed by atoms with Crippen LogP contribution in [-0.4, -0.2) is 21.2 Å². The lowest BCUT2D eigenvalue weighted by molar-refractivity contribution is -0.385. The van der Waals surface area contributed by atoms with Gasteiger partial charge in [-0.3, -0.25) is 15.1 Å². The van der Waals surface area contributed by atoms with E-state index in [1.54, 1.807) is 19.1 Å². The number of aromatic hydroxyl groups is 1. The van der Waals surface area contributed by atoms with Gasteiger partial charge in [0.15, 0.2) is 5.58 Å². The van der Waals surface area contributed by atoms with Crippen molar-refractivity contribution in [3.8, 4) is 17.2 Å². The number of fused-ring (bicyclic) bond motifs is 1. The number of benzene rings is 3. The molecular formula is C25H23N3O4. The van der Waals surface area contributed by atoms with Gasteiger partial charge in [-0.15, -0.1) is 0 Å². The molecule has 0 aliphatic rings. The van der Waals surface area contributed by atoms with Crippen LogP contribution in [0.25, 0.3) is 22.6 Å². The minimum atomic E-state index is -0.611. The van der Waals surface area contributed by atoms with E-state index in [2.05, 4.69) is 36.0 Å². The van der Waals surface area contributed by atoms with Crippen molar-refractivity contribution in [1.29, 1.82) is 0 Å². The Morgan fingerprint density at radius 3 is 2.78 bits per heavy atom. The molecule has 4 rings (SSSR count). The predicted octanol–water partition coefficient (Wildman–Crippen LogP) is 6.68. The molecule has 0 amide bonds. The number of nitro benzene ring substituents is 1. The Morgan fingerprint density at radius 2 is 2.03 bits per heavy atom. The fraction of sp³-hybridized carbons (Fsp3) is 0.200. The summed E-state index contributed by atoms with van der Waals surface area (Å²) in [6.07, 6.45) is 2.47. The molecule has 0 radical (unpaired) electrons. The Bertz CT molecular complexity index is 1340. The Kier molecular flexibility index (Phi) is 5.73. The highest BCUT2D eigenvalue weighted by Gasteiger charge is 2.17. The van der Waals surface area contributed by atoms with Crippen LogP contribution in [0.15, 0.2) is 64.0 Å². The van der Waals surface area contributed by atoms with E-state index in [0.29, 0.717) is 23.1 Å². The van der Waals surface area contributed by atoms with Gasteiger partial charge >= 0.3 is 5.69 Å². The predicted molar refractivity (Wildman–Crippen MR) is 125 cm³/mol. The third kappa shape index (κ3) is 4.23. The molecule has 7 heteroatoms. The van der Waals surface area contributed by atoms with Crippen LogP contribution in [0.2, 0.25) is 0 Å². The second-order valence-electron chi connectivity index (χ2n) is 7.84. The summed E-state index contributed by atoms with van der Waals surface area (Å²) < 4.78 is 5.94. The van der Waals surface area contributed by atoms with Crippen molar-refractivity contribution < 1.29 is 14.4 Å². The zero-order valence-electron chi connectivity index (χ0n) is 18.1. The van der Waals surface area contributed by atoms with Crippen molar-refractivity contribution in [2.24, 2.45) is 4.99 Å². The highest BCUT2D eigenvalue weighted by Crippen LogP contribution is 2.32. The van der Waals surface area contributed by atoms with E-state index >= 15 is 0 Å². The van der Waals surface area contributed by atoms with Gasteiger partial charge in [-0.25, -0.2) is 4.98 Å². The summed E-state index contributed by atoms with van der Waals surface area (Å²) in [5, 5.41) is 21.3. The first kappa shape index (κ1) is 21.2. The van der Waals surface area contributed by atoms with E-state index < -0.39 is 10.7 Å². The molecule has 1 heterocycles. The number of aromatic nitrogens is 1. The Balaban J connectivity index is 1.65. The zero-order chi connectivity index (χ0) is 22.8. The van der Waals surface area contributed by atoms with Crippen LogP contribution in [0.3, 0.4) is 0 Å². The van der Waals surface area contributed by atoms with Crippen LogP contribution in [0.5, 0.6) is 5.75 Å². The quantitative estimate of drug-likeness (QED) is 0.209. The van der Waals surface area contributed by atoms with Crippen LogP contribution in [0.4, 0.5) is 11.4 Å². The molecule has 0 spiro atoms. The smallest absolute Gasteiger partial charge is 0.311 e. The van der Waals surface area contributed by atoms with Gasteiger partial charge < -0.3 is 9.52 Å². The van der Waals surface area contributed by atoms with Crippen molar-refractivity contribution in [3.63, 3.8) is 0 Å². The molecule has 1 atom stereocenters. The maximum Gasteiger partial charge on any atom is 0.311 e. The number of hydrogen-bond donors (Lipinski definition) is 1. The van der Waals surface area contributed by atoms with Crippen molar-refractivity contribution in [2.75, 3.05) is 0 Å². The molecule has 1 N–H and O–H groups in total. The highest BCUT2D eigenvalue weighted by molar-refractivity contribution is 5.88. The van der Waals surface area contributed by atoms with Gasteiger partial charge in [0.2, 0.25) is 11.6 Å². The third-order valence-corrected chi connectivity index (χ3v) is 5.50. The van der Waals surface area contributed by atoms with Crippen LogP contribution < -0.4 is 0 Å². The van der Waals surface area contributed by atoms with E-state index in [9.17, 15) is 15.2 Å². The summed E-state index contributed by atoms with van der Waals surface area (Å²) in [7, 11) is 0. The maximum absolute atomic E-state index is 11.1. The number of nitrogens with zero attached hydrogens (tertiary/aromatic N) is 3. The van der Waals surface area contributed by atoms with Crippen LogP contribution in [0.1, 0.15) is 42.9 Å². The SMILES string of the molecule is CC[C@H](C)c1ccc2oc(-c3cccc(N=Cc4cc(C)cc([N+](=O)[O-])c4O)c3)nc2c1. The van der Waals surface area contributed by atoms with Crippen molar-refractivity contribution >= 4 is 28.7 Å². The van der Waals surface area contributed by atoms with Gasteiger partial charge in [-0.05, 0) is 66.8 Å². The lowest BCUT2D eigenvalue weighted by Crippen LogP contribution is -1.93. The Labute approximate surface area is 185 Å². The summed E-state index contributed by atoms with van der Waals surface area (Å²) >= 11 is 0. The number of phenolic OH excluding ortho intramolecular Hbond substituents is 1. The summed E-state index contributed by atoms with van der Waals surface area (Å²) in [5.74, 6) is 0.537. The molecule has 0 aliphatic carbocycles. The maximum atomic E-state index is 11.1. The minimum Gasteiger partial charge on any atom is -0.502 e. The number of rotatable bonds is 6. The summed E-state index contributed by atoms with van der Waals surface area (Å²) in [6, 6.07) is 16.4. The second kappa shape index (κ2) is 8.63. The van der Waals surface area contributed by atoms with Crippen LogP contribution >= 0.6 is 0 Å². The first-order valence-corrected chi connectivity index (χ1v) is 10.4. The van der Waals surface area contributed by atoms with Crippen LogP contribution in [-0.2, 0) is 0 Å². The van der Waals surface area contributed by atoms with E-state index in [0.717, 1.165) is 23.1 Å². The average Bonchev–Trinajstić information content (AvgIpc) is 3.22. The minimum absolute atomic E-state index is 0.279. The average molecular weight is 429 g/mol. The largest absolute Gasteiger partial charge is 0.502 e. The number of nitro groups is 1. The molecule has 32 heavy (non-hydrogen) atoms. The standard InChI is InChI=1S/C25H23N3O4/c1-4-16(3)17-8-9-23-21(13-17)27-25(32-23)18-6-5-7-20(12-18)26-14-19-10-15(2)11-22(24(19)29)28(30)31/h5-14,16,29H,4H2,1-3H3/t16-/m0/s1. The fourth-order valence-electron chi connectivity index (χ4n) is 3.50. The highest BCUT2D eigenvalue weighted by atomic mass is 16.6. The molecule has 0 saturated carbocycles. The molecule has 4 aromatic rings. The third-order valence-electron chi connectivity index (χ3n) is 5.50. The van der Waals surface area contributed by atoms with Crippen molar-refractivity contribution in [2.45, 2.75) is 33.1 Å². The lowest BCUT2D eigenvalue weighted by Gasteiger charge is -2.07. The van der Waals surface area contributed by atoms with Gasteiger partial charge in [0.25, 0.3) is 0 Å². The van der Waals surface area contributed by atoms with Crippen LogP contribution in [0, 0.1) is 17.0 Å². The molecule has 0 saturated heterocycles. The van der Waals surface area contributed by atoms with E-state index in [1.165, 1.54) is 17.8 Å². The molecular weight excluding hydrogens is 406 g/mol.